The molecule has 0 atom stereocenters. The topological polar surface area (TPSA) is 92.7 Å². The molecule has 5 rings (SSSR count). The number of piperazine rings is 1. The Hall–Kier alpha value is -2.56. The molecule has 2 aliphatic rings. The highest BCUT2D eigenvalue weighted by molar-refractivity contribution is 7.89. The Morgan fingerprint density at radius 2 is 1.79 bits per heavy atom. The Morgan fingerprint density at radius 1 is 1.06 bits per heavy atom. The Balaban J connectivity index is 1.22. The minimum atomic E-state index is -3.56. The number of carbonyl (C=O) groups is 1. The van der Waals surface area contributed by atoms with E-state index in [-0.39, 0.29) is 30.5 Å². The van der Waals surface area contributed by atoms with Gasteiger partial charge in [-0.05, 0) is 50.3 Å². The number of ether oxygens (including phenoxy) is 1. The lowest BCUT2D eigenvalue weighted by Crippen LogP contribution is -2.51. The third kappa shape index (κ3) is 4.34. The zero-order chi connectivity index (χ0) is 23.0. The number of fused-ring (bicyclic) bond motifs is 3. The van der Waals surface area contributed by atoms with Gasteiger partial charge in [0.2, 0.25) is 15.9 Å². The van der Waals surface area contributed by atoms with E-state index < -0.39 is 10.0 Å². The standard InChI is InChI=1S/C23H26N4O4S2/c1-16-6-8-17(9-7-16)33(29,30)27-12-10-26(11-13-27)20(28)14-31-22-21-18-4-2-3-5-19(18)32-23(21)25-15-24-22/h6-9,15H,2-5,10-14H2,1H3. The Labute approximate surface area is 197 Å². The molecule has 1 aromatic carbocycles. The van der Waals surface area contributed by atoms with Crippen LogP contribution in [0.15, 0.2) is 35.5 Å². The summed E-state index contributed by atoms with van der Waals surface area (Å²) in [5.41, 5.74) is 2.27. The summed E-state index contributed by atoms with van der Waals surface area (Å²) in [7, 11) is -3.56. The van der Waals surface area contributed by atoms with Gasteiger partial charge in [0, 0.05) is 31.1 Å². The molecule has 1 aliphatic heterocycles. The molecule has 1 amide bonds. The van der Waals surface area contributed by atoms with Gasteiger partial charge in [-0.3, -0.25) is 4.79 Å². The quantitative estimate of drug-likeness (QED) is 0.551. The molecule has 0 unspecified atom stereocenters. The molecule has 1 fully saturated rings. The van der Waals surface area contributed by atoms with Crippen LogP contribution in [0, 0.1) is 6.92 Å². The molecule has 0 N–H and O–H groups in total. The van der Waals surface area contributed by atoms with Crippen LogP contribution >= 0.6 is 11.3 Å². The highest BCUT2D eigenvalue weighted by Gasteiger charge is 2.30. The van der Waals surface area contributed by atoms with Gasteiger partial charge in [0.1, 0.15) is 11.2 Å². The van der Waals surface area contributed by atoms with Crippen molar-refractivity contribution < 1.29 is 17.9 Å². The molecule has 174 valence electrons. The number of hydrogen-bond acceptors (Lipinski definition) is 7. The van der Waals surface area contributed by atoms with Crippen molar-refractivity contribution >= 4 is 37.5 Å². The molecule has 0 radical (unpaired) electrons. The zero-order valence-electron chi connectivity index (χ0n) is 18.5. The third-order valence-electron chi connectivity index (χ3n) is 6.30. The van der Waals surface area contributed by atoms with Crippen LogP contribution in [0.2, 0.25) is 0 Å². The van der Waals surface area contributed by atoms with E-state index in [0.29, 0.717) is 19.0 Å². The van der Waals surface area contributed by atoms with Crippen LogP contribution in [0.25, 0.3) is 10.2 Å². The molecule has 2 aromatic heterocycles. The number of aromatic nitrogens is 2. The second-order valence-corrected chi connectivity index (χ2v) is 11.5. The largest absolute Gasteiger partial charge is 0.467 e. The lowest BCUT2D eigenvalue weighted by Gasteiger charge is -2.34. The Kier molecular flexibility index (Phi) is 6.07. The summed E-state index contributed by atoms with van der Waals surface area (Å²) in [6, 6.07) is 6.83. The number of rotatable bonds is 5. The van der Waals surface area contributed by atoms with Crippen molar-refractivity contribution in [3.05, 3.63) is 46.6 Å². The molecule has 0 spiro atoms. The normalized spacial score (nSPS) is 17.2. The van der Waals surface area contributed by atoms with E-state index in [1.165, 1.54) is 27.5 Å². The van der Waals surface area contributed by atoms with Gasteiger partial charge in [0.15, 0.2) is 6.61 Å². The lowest BCUT2D eigenvalue weighted by molar-refractivity contribution is -0.134. The number of amides is 1. The molecule has 10 heteroatoms. The lowest BCUT2D eigenvalue weighted by atomic mass is 9.97. The van der Waals surface area contributed by atoms with Gasteiger partial charge in [0.25, 0.3) is 5.91 Å². The first-order chi connectivity index (χ1) is 15.9. The number of sulfonamides is 1. The minimum Gasteiger partial charge on any atom is -0.467 e. The first kappa shape index (κ1) is 22.2. The second kappa shape index (κ2) is 9.00. The molecule has 3 heterocycles. The van der Waals surface area contributed by atoms with Crippen LogP contribution in [-0.2, 0) is 27.7 Å². The first-order valence-electron chi connectivity index (χ1n) is 11.2. The summed E-state index contributed by atoms with van der Waals surface area (Å²) in [6.07, 6.45) is 5.86. The van der Waals surface area contributed by atoms with Crippen molar-refractivity contribution in [1.29, 1.82) is 0 Å². The summed E-state index contributed by atoms with van der Waals surface area (Å²) in [5.74, 6) is 0.298. The molecule has 8 nitrogen and oxygen atoms in total. The number of nitrogens with zero attached hydrogens (tertiary/aromatic N) is 4. The van der Waals surface area contributed by atoms with Crippen molar-refractivity contribution in [2.75, 3.05) is 32.8 Å². The highest BCUT2D eigenvalue weighted by atomic mass is 32.2. The van der Waals surface area contributed by atoms with E-state index in [1.54, 1.807) is 40.5 Å². The summed E-state index contributed by atoms with van der Waals surface area (Å²) >= 11 is 1.69. The van der Waals surface area contributed by atoms with Gasteiger partial charge in [-0.1, -0.05) is 17.7 Å². The SMILES string of the molecule is Cc1ccc(S(=O)(=O)N2CCN(C(=O)COc3ncnc4sc5c(c34)CCCC5)CC2)cc1. The van der Waals surface area contributed by atoms with E-state index in [0.717, 1.165) is 35.0 Å². The van der Waals surface area contributed by atoms with Crippen LogP contribution in [0.3, 0.4) is 0 Å². The van der Waals surface area contributed by atoms with Crippen LogP contribution in [0.4, 0.5) is 0 Å². The summed E-state index contributed by atoms with van der Waals surface area (Å²) in [4.78, 5) is 25.7. The van der Waals surface area contributed by atoms with Crippen LogP contribution in [-0.4, -0.2) is 66.3 Å². The smallest absolute Gasteiger partial charge is 0.260 e. The van der Waals surface area contributed by atoms with Crippen molar-refractivity contribution in [3.63, 3.8) is 0 Å². The van der Waals surface area contributed by atoms with Gasteiger partial charge >= 0.3 is 0 Å². The van der Waals surface area contributed by atoms with Gasteiger partial charge in [-0.15, -0.1) is 11.3 Å². The monoisotopic (exact) mass is 486 g/mol. The molecule has 33 heavy (non-hydrogen) atoms. The van der Waals surface area contributed by atoms with E-state index in [9.17, 15) is 13.2 Å². The van der Waals surface area contributed by atoms with Gasteiger partial charge in [0.05, 0.1) is 10.3 Å². The summed E-state index contributed by atoms with van der Waals surface area (Å²) in [5, 5.41) is 0.944. The molecule has 1 aliphatic carbocycles. The highest BCUT2D eigenvalue weighted by Crippen LogP contribution is 2.38. The maximum absolute atomic E-state index is 12.9. The fraction of sp³-hybridized carbons (Fsp3) is 0.435. The van der Waals surface area contributed by atoms with Crippen LogP contribution in [0.1, 0.15) is 28.8 Å². The fourth-order valence-electron chi connectivity index (χ4n) is 4.43. The number of aryl methyl sites for hydroxylation is 3. The van der Waals surface area contributed by atoms with E-state index >= 15 is 0 Å². The van der Waals surface area contributed by atoms with Crippen LogP contribution < -0.4 is 4.74 Å². The van der Waals surface area contributed by atoms with Crippen molar-refractivity contribution in [3.8, 4) is 5.88 Å². The van der Waals surface area contributed by atoms with Gasteiger partial charge in [-0.25, -0.2) is 18.4 Å². The predicted octanol–water partition coefficient (Wildman–Crippen LogP) is 2.79. The zero-order valence-corrected chi connectivity index (χ0v) is 20.1. The number of thiophene rings is 1. The van der Waals surface area contributed by atoms with Crippen molar-refractivity contribution in [2.24, 2.45) is 0 Å². The Morgan fingerprint density at radius 3 is 2.55 bits per heavy atom. The molecular formula is C23H26N4O4S2. The number of benzene rings is 1. The minimum absolute atomic E-state index is 0.124. The average Bonchev–Trinajstić information content (AvgIpc) is 3.22. The van der Waals surface area contributed by atoms with Gasteiger partial charge < -0.3 is 9.64 Å². The average molecular weight is 487 g/mol. The molecule has 0 bridgehead atoms. The maximum atomic E-state index is 12.9. The van der Waals surface area contributed by atoms with E-state index in [2.05, 4.69) is 9.97 Å². The molecule has 0 saturated carbocycles. The summed E-state index contributed by atoms with van der Waals surface area (Å²) in [6.45, 7) is 2.99. The molecule has 1 saturated heterocycles. The number of hydrogen-bond donors (Lipinski definition) is 0. The van der Waals surface area contributed by atoms with Crippen molar-refractivity contribution in [1.82, 2.24) is 19.2 Å². The third-order valence-corrected chi connectivity index (χ3v) is 9.41. The number of carbonyl (C=O) groups excluding carboxylic acids is 1. The Bertz CT molecular complexity index is 1280. The second-order valence-electron chi connectivity index (χ2n) is 8.46. The summed E-state index contributed by atoms with van der Waals surface area (Å²) < 4.78 is 33.1. The van der Waals surface area contributed by atoms with E-state index in [4.69, 9.17) is 4.74 Å². The molecular weight excluding hydrogens is 460 g/mol. The van der Waals surface area contributed by atoms with Crippen molar-refractivity contribution in [2.45, 2.75) is 37.5 Å². The predicted molar refractivity (Wildman–Crippen MR) is 126 cm³/mol. The first-order valence-corrected chi connectivity index (χ1v) is 13.4. The van der Waals surface area contributed by atoms with Gasteiger partial charge in [-0.2, -0.15) is 4.31 Å². The molecule has 3 aromatic rings. The van der Waals surface area contributed by atoms with Crippen LogP contribution in [0.5, 0.6) is 5.88 Å². The fourth-order valence-corrected chi connectivity index (χ4v) is 7.07. The van der Waals surface area contributed by atoms with E-state index in [1.807, 2.05) is 6.92 Å². The maximum Gasteiger partial charge on any atom is 0.260 e.